The molecule has 3 nitrogen and oxygen atoms in total. The Bertz CT molecular complexity index is 295. The summed E-state index contributed by atoms with van der Waals surface area (Å²) in [5.41, 5.74) is 0. The van der Waals surface area contributed by atoms with Gasteiger partial charge in [-0.1, -0.05) is 69.8 Å². The van der Waals surface area contributed by atoms with Crippen molar-refractivity contribution in [1.82, 2.24) is 0 Å². The highest BCUT2D eigenvalue weighted by Crippen LogP contribution is 2.07. The van der Waals surface area contributed by atoms with E-state index in [4.69, 9.17) is 10.2 Å². The zero-order chi connectivity index (χ0) is 15.8. The van der Waals surface area contributed by atoms with Gasteiger partial charge in [0, 0.05) is 0 Å². The van der Waals surface area contributed by atoms with E-state index < -0.39 is 12.1 Å². The summed E-state index contributed by atoms with van der Waals surface area (Å²) >= 11 is 0. The summed E-state index contributed by atoms with van der Waals surface area (Å²) in [5.74, 6) is -1.12. The lowest BCUT2D eigenvalue weighted by Crippen LogP contribution is -2.18. The van der Waals surface area contributed by atoms with Crippen LogP contribution in [0.4, 0.5) is 0 Å². The zero-order valence-electron chi connectivity index (χ0n) is 13.5. The van der Waals surface area contributed by atoms with Crippen molar-refractivity contribution >= 4 is 5.97 Å². The van der Waals surface area contributed by atoms with E-state index in [1.165, 1.54) is 38.5 Å². The summed E-state index contributed by atoms with van der Waals surface area (Å²) in [6.45, 7) is 2.24. The molecule has 0 aromatic heterocycles. The lowest BCUT2D eigenvalue weighted by atomic mass is 10.1. The van der Waals surface area contributed by atoms with Gasteiger partial charge < -0.3 is 10.2 Å². The van der Waals surface area contributed by atoms with Crippen molar-refractivity contribution in [1.29, 1.82) is 0 Å². The average molecular weight is 296 g/mol. The SMILES string of the molecule is CCCCCCCC=CC=CCCCCCC(O)C(=O)O. The normalized spacial score (nSPS) is 13.2. The first-order valence-corrected chi connectivity index (χ1v) is 8.41. The maximum Gasteiger partial charge on any atom is 0.332 e. The predicted octanol–water partition coefficient (Wildman–Crippen LogP) is 4.86. The predicted molar refractivity (Wildman–Crippen MR) is 88.4 cm³/mol. The van der Waals surface area contributed by atoms with E-state index in [2.05, 4.69) is 31.2 Å². The van der Waals surface area contributed by atoms with Gasteiger partial charge in [0.2, 0.25) is 0 Å². The number of hydrogen-bond donors (Lipinski definition) is 2. The highest BCUT2D eigenvalue weighted by atomic mass is 16.4. The van der Waals surface area contributed by atoms with Crippen molar-refractivity contribution in [2.45, 2.75) is 83.7 Å². The molecule has 0 fully saturated rings. The van der Waals surface area contributed by atoms with E-state index in [1.807, 2.05) is 0 Å². The third-order valence-corrected chi connectivity index (χ3v) is 3.49. The van der Waals surface area contributed by atoms with Gasteiger partial charge in [-0.3, -0.25) is 0 Å². The molecule has 0 bridgehead atoms. The smallest absolute Gasteiger partial charge is 0.332 e. The topological polar surface area (TPSA) is 57.5 Å². The molecule has 2 N–H and O–H groups in total. The molecule has 0 spiro atoms. The van der Waals surface area contributed by atoms with E-state index in [0.29, 0.717) is 6.42 Å². The highest BCUT2D eigenvalue weighted by Gasteiger charge is 2.11. The highest BCUT2D eigenvalue weighted by molar-refractivity contribution is 5.71. The molecule has 1 atom stereocenters. The summed E-state index contributed by atoms with van der Waals surface area (Å²) in [6, 6.07) is 0. The Labute approximate surface area is 129 Å². The number of unbranched alkanes of at least 4 members (excludes halogenated alkanes) is 8. The quantitative estimate of drug-likeness (QED) is 0.355. The van der Waals surface area contributed by atoms with Gasteiger partial charge in [0.25, 0.3) is 0 Å². The van der Waals surface area contributed by atoms with Gasteiger partial charge in [0.05, 0.1) is 0 Å². The van der Waals surface area contributed by atoms with E-state index in [-0.39, 0.29) is 0 Å². The van der Waals surface area contributed by atoms with Gasteiger partial charge in [0.1, 0.15) is 0 Å². The van der Waals surface area contributed by atoms with Crippen LogP contribution < -0.4 is 0 Å². The Morgan fingerprint density at radius 1 is 0.905 bits per heavy atom. The van der Waals surface area contributed by atoms with Crippen LogP contribution in [-0.2, 0) is 4.79 Å². The fraction of sp³-hybridized carbons (Fsp3) is 0.722. The van der Waals surface area contributed by atoms with Crippen LogP contribution in [0.3, 0.4) is 0 Å². The lowest BCUT2D eigenvalue weighted by Gasteiger charge is -2.03. The van der Waals surface area contributed by atoms with Gasteiger partial charge in [-0.15, -0.1) is 0 Å². The maximum absolute atomic E-state index is 10.4. The molecule has 0 amide bonds. The number of carboxylic acid groups (broad SMARTS) is 1. The van der Waals surface area contributed by atoms with Gasteiger partial charge in [-0.25, -0.2) is 4.79 Å². The summed E-state index contributed by atoms with van der Waals surface area (Å²) in [5, 5.41) is 17.6. The second kappa shape index (κ2) is 15.3. The number of aliphatic hydroxyl groups excluding tert-OH is 1. The van der Waals surface area contributed by atoms with Gasteiger partial charge in [-0.05, 0) is 32.1 Å². The maximum atomic E-state index is 10.4. The van der Waals surface area contributed by atoms with Gasteiger partial charge in [-0.2, -0.15) is 0 Å². The molecule has 0 heterocycles. The molecule has 0 radical (unpaired) electrons. The Balaban J connectivity index is 3.30. The second-order valence-corrected chi connectivity index (χ2v) is 5.55. The van der Waals surface area contributed by atoms with E-state index in [1.54, 1.807) is 0 Å². The van der Waals surface area contributed by atoms with Crippen molar-refractivity contribution in [3.63, 3.8) is 0 Å². The minimum absolute atomic E-state index is 0.358. The molecule has 0 saturated carbocycles. The van der Waals surface area contributed by atoms with Crippen LogP contribution >= 0.6 is 0 Å². The van der Waals surface area contributed by atoms with Gasteiger partial charge >= 0.3 is 5.97 Å². The number of allylic oxidation sites excluding steroid dienone is 4. The van der Waals surface area contributed by atoms with Crippen LogP contribution in [-0.4, -0.2) is 22.3 Å². The van der Waals surface area contributed by atoms with Crippen molar-refractivity contribution in [2.75, 3.05) is 0 Å². The Hall–Kier alpha value is -1.09. The Morgan fingerprint density at radius 2 is 1.43 bits per heavy atom. The number of rotatable bonds is 14. The van der Waals surface area contributed by atoms with Crippen molar-refractivity contribution < 1.29 is 15.0 Å². The van der Waals surface area contributed by atoms with Crippen molar-refractivity contribution in [2.24, 2.45) is 0 Å². The second-order valence-electron chi connectivity index (χ2n) is 5.55. The van der Waals surface area contributed by atoms with E-state index in [9.17, 15) is 4.79 Å². The molecular formula is C18H32O3. The number of aliphatic carboxylic acids is 1. The third-order valence-electron chi connectivity index (χ3n) is 3.49. The van der Waals surface area contributed by atoms with Crippen LogP contribution in [0.1, 0.15) is 77.6 Å². The molecule has 0 aromatic carbocycles. The first-order chi connectivity index (χ1) is 10.2. The minimum Gasteiger partial charge on any atom is -0.479 e. The molecule has 0 aliphatic rings. The molecule has 21 heavy (non-hydrogen) atoms. The first-order valence-electron chi connectivity index (χ1n) is 8.41. The molecule has 3 heteroatoms. The van der Waals surface area contributed by atoms with Crippen LogP contribution in [0, 0.1) is 0 Å². The van der Waals surface area contributed by atoms with E-state index in [0.717, 1.165) is 25.7 Å². The molecule has 0 aromatic rings. The van der Waals surface area contributed by atoms with Crippen LogP contribution in [0.15, 0.2) is 24.3 Å². The average Bonchev–Trinajstić information content (AvgIpc) is 2.47. The summed E-state index contributed by atoms with van der Waals surface area (Å²) in [4.78, 5) is 10.4. The molecule has 0 aliphatic carbocycles. The largest absolute Gasteiger partial charge is 0.479 e. The first kappa shape index (κ1) is 19.9. The number of hydrogen-bond acceptors (Lipinski definition) is 2. The van der Waals surface area contributed by atoms with Crippen LogP contribution in [0.5, 0.6) is 0 Å². The fourth-order valence-corrected chi connectivity index (χ4v) is 2.12. The lowest BCUT2D eigenvalue weighted by molar-refractivity contribution is -0.146. The number of carboxylic acids is 1. The molecule has 0 saturated heterocycles. The molecule has 1 unspecified atom stereocenters. The molecule has 0 aliphatic heterocycles. The van der Waals surface area contributed by atoms with Gasteiger partial charge in [0.15, 0.2) is 6.10 Å². The Morgan fingerprint density at radius 3 is 1.95 bits per heavy atom. The fourth-order valence-electron chi connectivity index (χ4n) is 2.12. The standard InChI is InChI=1S/C18H32O3/c1-2-3-4-5-6-7-8-9-10-11-12-13-14-15-16-17(19)18(20)21/h8-11,17,19H,2-7,12-16H2,1H3,(H,20,21). The summed E-state index contributed by atoms with van der Waals surface area (Å²) in [6.07, 6.45) is 19.4. The number of aliphatic hydroxyl groups is 1. The monoisotopic (exact) mass is 296 g/mol. The molecular weight excluding hydrogens is 264 g/mol. The summed E-state index contributed by atoms with van der Waals surface area (Å²) in [7, 11) is 0. The Kier molecular flexibility index (Phi) is 14.5. The van der Waals surface area contributed by atoms with Crippen LogP contribution in [0.25, 0.3) is 0 Å². The zero-order valence-corrected chi connectivity index (χ0v) is 13.5. The van der Waals surface area contributed by atoms with E-state index >= 15 is 0 Å². The van der Waals surface area contributed by atoms with Crippen molar-refractivity contribution in [3.05, 3.63) is 24.3 Å². The summed E-state index contributed by atoms with van der Waals surface area (Å²) < 4.78 is 0. The van der Waals surface area contributed by atoms with Crippen LogP contribution in [0.2, 0.25) is 0 Å². The molecule has 0 rings (SSSR count). The molecule has 122 valence electrons. The van der Waals surface area contributed by atoms with Crippen molar-refractivity contribution in [3.8, 4) is 0 Å². The minimum atomic E-state index is -1.19. The third kappa shape index (κ3) is 15.1. The number of carbonyl (C=O) groups is 1.